The van der Waals surface area contributed by atoms with Crippen molar-refractivity contribution in [1.29, 1.82) is 0 Å². The molecule has 1 fully saturated rings. The maximum atomic E-state index is 13.5. The van der Waals surface area contributed by atoms with Gasteiger partial charge in [-0.05, 0) is 83.6 Å². The number of piperidine rings is 1. The predicted octanol–water partition coefficient (Wildman–Crippen LogP) is 7.57. The minimum absolute atomic E-state index is 0.241. The van der Waals surface area contributed by atoms with Crippen molar-refractivity contribution in [3.8, 4) is 17.0 Å². The zero-order chi connectivity index (χ0) is 31.4. The molecule has 232 valence electrons. The molecule has 1 aliphatic rings. The smallest absolute Gasteiger partial charge is 0.340 e. The van der Waals surface area contributed by atoms with E-state index in [0.717, 1.165) is 65.3 Å². The van der Waals surface area contributed by atoms with Crippen LogP contribution in [0.4, 0.5) is 10.1 Å². The normalized spacial score (nSPS) is 15.7. The Labute approximate surface area is 255 Å². The molecule has 0 radical (unpaired) electrons. The van der Waals surface area contributed by atoms with E-state index >= 15 is 0 Å². The highest BCUT2D eigenvalue weighted by atomic mass is 19.1. The average molecular weight is 592 g/mol. The van der Waals surface area contributed by atoms with Crippen LogP contribution in [-0.4, -0.2) is 47.8 Å². The number of pyridine rings is 2. The summed E-state index contributed by atoms with van der Waals surface area (Å²) < 4.78 is 31.1. The van der Waals surface area contributed by atoms with E-state index in [1.54, 1.807) is 25.3 Å². The van der Waals surface area contributed by atoms with Crippen molar-refractivity contribution in [2.75, 3.05) is 31.2 Å². The van der Waals surface area contributed by atoms with Gasteiger partial charge in [0.15, 0.2) is 6.10 Å². The van der Waals surface area contributed by atoms with Gasteiger partial charge in [-0.25, -0.2) is 14.2 Å². The number of aromatic nitrogens is 2. The van der Waals surface area contributed by atoms with Gasteiger partial charge in [-0.2, -0.15) is 0 Å². The number of halogens is 1. The number of rotatable bonds is 10. The molecular formula is C35H46FN3O4. The third-order valence-electron chi connectivity index (χ3n) is 7.83. The highest BCUT2D eigenvalue weighted by Crippen LogP contribution is 2.45. The van der Waals surface area contributed by atoms with Crippen molar-refractivity contribution in [3.63, 3.8) is 0 Å². The molecule has 0 spiro atoms. The SMILES string of the molecule is CCOC(=O)C(OC(C)(C)C)c1c(C)nc(C)c(-c2ccc(OCCc3ccc(F)cc3)nc2)c1N1CCC(C)(C)CC1. The number of hydrogen-bond acceptors (Lipinski definition) is 7. The summed E-state index contributed by atoms with van der Waals surface area (Å²) in [7, 11) is 0. The number of anilines is 1. The molecular weight excluding hydrogens is 545 g/mol. The molecule has 2 aromatic heterocycles. The lowest BCUT2D eigenvalue weighted by Crippen LogP contribution is -2.39. The number of carbonyl (C=O) groups excluding carboxylic acids is 1. The summed E-state index contributed by atoms with van der Waals surface area (Å²) in [4.78, 5) is 25.4. The van der Waals surface area contributed by atoms with Gasteiger partial charge >= 0.3 is 5.97 Å². The topological polar surface area (TPSA) is 73.8 Å². The maximum absolute atomic E-state index is 13.5. The molecule has 7 nitrogen and oxygen atoms in total. The fraction of sp³-hybridized carbons (Fsp3) is 0.514. The number of esters is 1. The Morgan fingerprint density at radius 1 is 1.05 bits per heavy atom. The third-order valence-corrected chi connectivity index (χ3v) is 7.83. The molecule has 1 aromatic carbocycles. The molecule has 0 bridgehead atoms. The van der Waals surface area contributed by atoms with E-state index in [1.165, 1.54) is 12.1 Å². The van der Waals surface area contributed by atoms with Crippen LogP contribution in [0.2, 0.25) is 0 Å². The molecule has 1 atom stereocenters. The number of ether oxygens (including phenoxy) is 3. The standard InChI is InChI=1S/C35H46FN3O4/c1-9-41-33(40)32(43-34(4,5)6)30-24(3)38-23(2)29(31(30)39-19-17-35(7,8)18-20-39)26-12-15-28(37-22-26)42-21-16-25-10-13-27(36)14-11-25/h10-15,22,32H,9,16-21H2,1-8H3. The van der Waals surface area contributed by atoms with Gasteiger partial charge in [0.05, 0.1) is 24.5 Å². The highest BCUT2D eigenvalue weighted by Gasteiger charge is 2.37. The van der Waals surface area contributed by atoms with E-state index < -0.39 is 17.7 Å². The van der Waals surface area contributed by atoms with E-state index in [4.69, 9.17) is 19.2 Å². The lowest BCUT2D eigenvalue weighted by molar-refractivity contribution is -0.166. The lowest BCUT2D eigenvalue weighted by atomic mass is 9.82. The molecule has 4 rings (SSSR count). The lowest BCUT2D eigenvalue weighted by Gasteiger charge is -2.41. The zero-order valence-electron chi connectivity index (χ0n) is 26.9. The van der Waals surface area contributed by atoms with E-state index in [1.807, 2.05) is 46.8 Å². The molecule has 0 N–H and O–H groups in total. The summed E-state index contributed by atoms with van der Waals surface area (Å²) in [6.07, 6.45) is 3.56. The number of aryl methyl sites for hydroxylation is 2. The Morgan fingerprint density at radius 2 is 1.72 bits per heavy atom. The number of benzene rings is 1. The van der Waals surface area contributed by atoms with Gasteiger partial charge < -0.3 is 19.1 Å². The predicted molar refractivity (Wildman–Crippen MR) is 168 cm³/mol. The van der Waals surface area contributed by atoms with Crippen LogP contribution in [0.5, 0.6) is 5.88 Å². The highest BCUT2D eigenvalue weighted by molar-refractivity contribution is 5.88. The second-order valence-electron chi connectivity index (χ2n) is 13.0. The van der Waals surface area contributed by atoms with Crippen LogP contribution in [-0.2, 0) is 20.7 Å². The monoisotopic (exact) mass is 591 g/mol. The first-order chi connectivity index (χ1) is 20.3. The molecule has 3 heterocycles. The first-order valence-corrected chi connectivity index (χ1v) is 15.2. The van der Waals surface area contributed by atoms with E-state index in [2.05, 4.69) is 23.7 Å². The minimum atomic E-state index is -0.932. The summed E-state index contributed by atoms with van der Waals surface area (Å²) in [5, 5.41) is 0. The summed E-state index contributed by atoms with van der Waals surface area (Å²) >= 11 is 0. The molecule has 1 unspecified atom stereocenters. The van der Waals surface area contributed by atoms with Crippen molar-refractivity contribution < 1.29 is 23.4 Å². The van der Waals surface area contributed by atoms with Crippen LogP contribution >= 0.6 is 0 Å². The Balaban J connectivity index is 1.74. The molecule has 1 aliphatic heterocycles. The van der Waals surface area contributed by atoms with Gasteiger partial charge in [-0.1, -0.05) is 26.0 Å². The Kier molecular flexibility index (Phi) is 10.1. The van der Waals surface area contributed by atoms with Crippen LogP contribution in [0.25, 0.3) is 11.1 Å². The van der Waals surface area contributed by atoms with E-state index in [9.17, 15) is 9.18 Å². The van der Waals surface area contributed by atoms with Crippen molar-refractivity contribution in [2.45, 2.75) is 86.4 Å². The second kappa shape index (κ2) is 13.4. The van der Waals surface area contributed by atoms with Gasteiger partial charge in [0.2, 0.25) is 5.88 Å². The van der Waals surface area contributed by atoms with Crippen molar-refractivity contribution in [1.82, 2.24) is 9.97 Å². The van der Waals surface area contributed by atoms with Crippen LogP contribution in [0.15, 0.2) is 42.6 Å². The number of hydrogen-bond donors (Lipinski definition) is 0. The molecule has 0 amide bonds. The molecule has 43 heavy (non-hydrogen) atoms. The maximum Gasteiger partial charge on any atom is 0.340 e. The number of nitrogens with zero attached hydrogens (tertiary/aromatic N) is 3. The summed E-state index contributed by atoms with van der Waals surface area (Å²) in [6.45, 7) is 18.6. The van der Waals surface area contributed by atoms with Crippen LogP contribution < -0.4 is 9.64 Å². The van der Waals surface area contributed by atoms with Crippen molar-refractivity contribution in [2.24, 2.45) is 5.41 Å². The molecule has 0 saturated carbocycles. The third kappa shape index (κ3) is 8.31. The van der Waals surface area contributed by atoms with Gasteiger partial charge in [0, 0.05) is 59.9 Å². The summed E-state index contributed by atoms with van der Waals surface area (Å²) in [5.74, 6) is -0.165. The zero-order valence-corrected chi connectivity index (χ0v) is 26.9. The first kappa shape index (κ1) is 32.4. The molecule has 3 aromatic rings. The van der Waals surface area contributed by atoms with Gasteiger partial charge in [0.1, 0.15) is 5.82 Å². The van der Waals surface area contributed by atoms with Crippen molar-refractivity contribution in [3.05, 3.63) is 70.9 Å². The average Bonchev–Trinajstić information content (AvgIpc) is 2.93. The molecule has 8 heteroatoms. The van der Waals surface area contributed by atoms with E-state index in [0.29, 0.717) is 18.9 Å². The minimum Gasteiger partial charge on any atom is -0.477 e. The Bertz CT molecular complexity index is 1390. The fourth-order valence-electron chi connectivity index (χ4n) is 5.50. The van der Waals surface area contributed by atoms with Crippen LogP contribution in [0.1, 0.15) is 83.0 Å². The largest absolute Gasteiger partial charge is 0.477 e. The van der Waals surface area contributed by atoms with Gasteiger partial charge in [0.25, 0.3) is 0 Å². The van der Waals surface area contributed by atoms with Gasteiger partial charge in [-0.15, -0.1) is 0 Å². The number of carbonyl (C=O) groups is 1. The summed E-state index contributed by atoms with van der Waals surface area (Å²) in [5.41, 5.74) is 5.75. The summed E-state index contributed by atoms with van der Waals surface area (Å²) in [6, 6.07) is 10.3. The molecule has 0 aliphatic carbocycles. The van der Waals surface area contributed by atoms with Crippen LogP contribution in [0, 0.1) is 25.1 Å². The van der Waals surface area contributed by atoms with Crippen molar-refractivity contribution >= 4 is 11.7 Å². The quantitative estimate of drug-likeness (QED) is 0.225. The Hall–Kier alpha value is -3.52. The van der Waals surface area contributed by atoms with Crippen LogP contribution in [0.3, 0.4) is 0 Å². The van der Waals surface area contributed by atoms with Gasteiger partial charge in [-0.3, -0.25) is 4.98 Å². The second-order valence-corrected chi connectivity index (χ2v) is 13.0. The fourth-order valence-corrected chi connectivity index (χ4v) is 5.50. The first-order valence-electron chi connectivity index (χ1n) is 15.2. The molecule has 1 saturated heterocycles. The Morgan fingerprint density at radius 3 is 2.30 bits per heavy atom. The van der Waals surface area contributed by atoms with E-state index in [-0.39, 0.29) is 17.8 Å².